The molecule has 0 fully saturated rings. The fourth-order valence-electron chi connectivity index (χ4n) is 1.94. The minimum atomic E-state index is -0.858. The van der Waals surface area contributed by atoms with E-state index in [1.54, 1.807) is 12.3 Å². The van der Waals surface area contributed by atoms with Crippen molar-refractivity contribution in [2.24, 2.45) is 0 Å². The van der Waals surface area contributed by atoms with Crippen molar-refractivity contribution in [3.8, 4) is 10.8 Å². The predicted octanol–water partition coefficient (Wildman–Crippen LogP) is 2.99. The van der Waals surface area contributed by atoms with Gasteiger partial charge in [-0.15, -0.1) is 11.3 Å². The van der Waals surface area contributed by atoms with E-state index in [4.69, 9.17) is 4.42 Å². The van der Waals surface area contributed by atoms with E-state index >= 15 is 0 Å². The molecular weight excluding hydrogens is 288 g/mol. The summed E-state index contributed by atoms with van der Waals surface area (Å²) in [6.07, 6.45) is 2.77. The molecule has 2 aromatic heterocycles. The van der Waals surface area contributed by atoms with Gasteiger partial charge >= 0.3 is 0 Å². The van der Waals surface area contributed by atoms with Crippen LogP contribution in [-0.2, 0) is 0 Å². The normalized spacial score (nSPS) is 11.6. The molecule has 0 saturated heterocycles. The maximum absolute atomic E-state index is 12.2. The van der Waals surface area contributed by atoms with Gasteiger partial charge in [-0.25, -0.2) is 4.98 Å². The van der Waals surface area contributed by atoms with Crippen molar-refractivity contribution in [2.45, 2.75) is 39.2 Å². The van der Waals surface area contributed by atoms with Crippen molar-refractivity contribution < 1.29 is 14.3 Å². The number of rotatable bonds is 6. The Kier molecular flexibility index (Phi) is 4.80. The van der Waals surface area contributed by atoms with E-state index in [1.165, 1.54) is 11.3 Å². The molecule has 0 aliphatic heterocycles. The van der Waals surface area contributed by atoms with Crippen molar-refractivity contribution in [3.05, 3.63) is 29.0 Å². The van der Waals surface area contributed by atoms with Crippen molar-refractivity contribution in [1.29, 1.82) is 0 Å². The molecule has 21 heavy (non-hydrogen) atoms. The highest BCUT2D eigenvalue weighted by Crippen LogP contribution is 2.27. The van der Waals surface area contributed by atoms with Crippen LogP contribution < -0.4 is 5.32 Å². The van der Waals surface area contributed by atoms with Crippen molar-refractivity contribution in [1.82, 2.24) is 10.3 Å². The number of aryl methyl sites for hydroxylation is 1. The van der Waals surface area contributed by atoms with Crippen LogP contribution in [0.25, 0.3) is 10.8 Å². The Labute approximate surface area is 128 Å². The van der Waals surface area contributed by atoms with Gasteiger partial charge in [0.15, 0.2) is 10.8 Å². The Balaban J connectivity index is 2.10. The second kappa shape index (κ2) is 6.41. The number of amides is 1. The van der Waals surface area contributed by atoms with Crippen LogP contribution in [0.4, 0.5) is 0 Å². The SMILES string of the molecule is CCC(O)(CC)CNC(=O)c1nc(-c2ccco2)sc1C. The highest BCUT2D eigenvalue weighted by atomic mass is 32.1. The average molecular weight is 308 g/mol. The van der Waals surface area contributed by atoms with E-state index in [9.17, 15) is 9.90 Å². The van der Waals surface area contributed by atoms with E-state index in [0.717, 1.165) is 4.88 Å². The Morgan fingerprint density at radius 1 is 1.48 bits per heavy atom. The zero-order chi connectivity index (χ0) is 15.5. The molecule has 0 atom stereocenters. The van der Waals surface area contributed by atoms with Crippen molar-refractivity contribution >= 4 is 17.2 Å². The Morgan fingerprint density at radius 3 is 2.76 bits per heavy atom. The average Bonchev–Trinajstić information content (AvgIpc) is 3.13. The van der Waals surface area contributed by atoms with Gasteiger partial charge in [-0.05, 0) is 31.9 Å². The molecule has 2 N–H and O–H groups in total. The van der Waals surface area contributed by atoms with Crippen LogP contribution in [0.5, 0.6) is 0 Å². The highest BCUT2D eigenvalue weighted by molar-refractivity contribution is 7.15. The summed E-state index contributed by atoms with van der Waals surface area (Å²) in [5, 5.41) is 13.7. The third kappa shape index (κ3) is 3.51. The number of nitrogens with zero attached hydrogens (tertiary/aromatic N) is 1. The maximum atomic E-state index is 12.2. The summed E-state index contributed by atoms with van der Waals surface area (Å²) >= 11 is 1.42. The van der Waals surface area contributed by atoms with Gasteiger partial charge in [0, 0.05) is 11.4 Å². The van der Waals surface area contributed by atoms with Crippen LogP contribution in [-0.4, -0.2) is 28.1 Å². The van der Waals surface area contributed by atoms with E-state index in [-0.39, 0.29) is 12.5 Å². The van der Waals surface area contributed by atoms with Gasteiger partial charge in [-0.1, -0.05) is 13.8 Å². The largest absolute Gasteiger partial charge is 0.462 e. The summed E-state index contributed by atoms with van der Waals surface area (Å²) in [5.41, 5.74) is -0.468. The molecule has 2 aromatic rings. The molecule has 0 bridgehead atoms. The molecule has 5 nitrogen and oxygen atoms in total. The highest BCUT2D eigenvalue weighted by Gasteiger charge is 2.24. The van der Waals surface area contributed by atoms with Gasteiger partial charge in [0.2, 0.25) is 0 Å². The predicted molar refractivity (Wildman–Crippen MR) is 82.4 cm³/mol. The first-order chi connectivity index (χ1) is 9.99. The molecule has 2 heterocycles. The number of carbonyl (C=O) groups excluding carboxylic acids is 1. The molecule has 6 heteroatoms. The lowest BCUT2D eigenvalue weighted by Gasteiger charge is -2.25. The van der Waals surface area contributed by atoms with Gasteiger partial charge in [0.1, 0.15) is 5.69 Å². The van der Waals surface area contributed by atoms with Gasteiger partial charge in [0.25, 0.3) is 5.91 Å². The van der Waals surface area contributed by atoms with Crippen LogP contribution in [0.2, 0.25) is 0 Å². The number of aliphatic hydroxyl groups is 1. The molecule has 0 spiro atoms. The Hall–Kier alpha value is -1.66. The molecule has 2 rings (SSSR count). The van der Waals surface area contributed by atoms with Gasteiger partial charge in [0.05, 0.1) is 11.9 Å². The van der Waals surface area contributed by atoms with E-state index < -0.39 is 5.60 Å². The Morgan fingerprint density at radius 2 is 2.19 bits per heavy atom. The third-order valence-electron chi connectivity index (χ3n) is 3.64. The standard InChI is InChI=1S/C15H20N2O3S/c1-4-15(19,5-2)9-16-13(18)12-10(3)21-14(17-12)11-7-6-8-20-11/h6-8,19H,4-5,9H2,1-3H3,(H,16,18). The lowest BCUT2D eigenvalue weighted by atomic mass is 9.97. The van der Waals surface area contributed by atoms with E-state index in [2.05, 4.69) is 10.3 Å². The van der Waals surface area contributed by atoms with Gasteiger partial charge in [-0.3, -0.25) is 4.79 Å². The summed E-state index contributed by atoms with van der Waals surface area (Å²) in [6.45, 7) is 5.88. The summed E-state index contributed by atoms with van der Waals surface area (Å²) in [7, 11) is 0. The maximum Gasteiger partial charge on any atom is 0.271 e. The van der Waals surface area contributed by atoms with Crippen molar-refractivity contribution in [3.63, 3.8) is 0 Å². The topological polar surface area (TPSA) is 75.4 Å². The molecular formula is C15H20N2O3S. The number of hydrogen-bond acceptors (Lipinski definition) is 5. The zero-order valence-electron chi connectivity index (χ0n) is 12.5. The number of carbonyl (C=O) groups is 1. The molecule has 114 valence electrons. The number of aromatic nitrogens is 1. The van der Waals surface area contributed by atoms with E-state index in [0.29, 0.717) is 29.3 Å². The number of hydrogen-bond donors (Lipinski definition) is 2. The monoisotopic (exact) mass is 308 g/mol. The van der Waals surface area contributed by atoms with Crippen LogP contribution in [0.15, 0.2) is 22.8 Å². The summed E-state index contributed by atoms with van der Waals surface area (Å²) in [5.74, 6) is 0.391. The van der Waals surface area contributed by atoms with Crippen molar-refractivity contribution in [2.75, 3.05) is 6.54 Å². The molecule has 0 unspecified atom stereocenters. The van der Waals surface area contributed by atoms with Crippen LogP contribution in [0.3, 0.4) is 0 Å². The minimum Gasteiger partial charge on any atom is -0.462 e. The van der Waals surface area contributed by atoms with Crippen LogP contribution in [0, 0.1) is 6.92 Å². The summed E-state index contributed by atoms with van der Waals surface area (Å²) < 4.78 is 5.29. The summed E-state index contributed by atoms with van der Waals surface area (Å²) in [6, 6.07) is 3.60. The quantitative estimate of drug-likeness (QED) is 0.860. The van der Waals surface area contributed by atoms with Gasteiger partial charge < -0.3 is 14.8 Å². The second-order valence-corrected chi connectivity index (χ2v) is 6.22. The Bertz CT molecular complexity index is 600. The minimum absolute atomic E-state index is 0.228. The smallest absolute Gasteiger partial charge is 0.271 e. The molecule has 0 radical (unpaired) electrons. The first kappa shape index (κ1) is 15.7. The van der Waals surface area contributed by atoms with Crippen LogP contribution in [0.1, 0.15) is 42.1 Å². The fourth-order valence-corrected chi connectivity index (χ4v) is 2.82. The molecule has 0 aliphatic carbocycles. The molecule has 0 saturated carbocycles. The third-order valence-corrected chi connectivity index (χ3v) is 4.62. The van der Waals surface area contributed by atoms with Crippen LogP contribution >= 0.6 is 11.3 Å². The lowest BCUT2D eigenvalue weighted by molar-refractivity contribution is 0.0313. The molecule has 0 aromatic carbocycles. The summed E-state index contributed by atoms with van der Waals surface area (Å²) in [4.78, 5) is 17.4. The zero-order valence-corrected chi connectivity index (χ0v) is 13.3. The number of thiazole rings is 1. The molecule has 1 amide bonds. The first-order valence-corrected chi connectivity index (χ1v) is 7.82. The first-order valence-electron chi connectivity index (χ1n) is 7.01. The lowest BCUT2D eigenvalue weighted by Crippen LogP contribution is -2.42. The van der Waals surface area contributed by atoms with E-state index in [1.807, 2.05) is 26.8 Å². The molecule has 0 aliphatic rings. The van der Waals surface area contributed by atoms with Gasteiger partial charge in [-0.2, -0.15) is 0 Å². The second-order valence-electron chi connectivity index (χ2n) is 5.02. The number of nitrogens with one attached hydrogen (secondary N) is 1. The fraction of sp³-hybridized carbons (Fsp3) is 0.467. The number of furan rings is 1.